The molecule has 0 aliphatic heterocycles. The molecule has 0 unspecified atom stereocenters. The van der Waals surface area contributed by atoms with Crippen LogP contribution in [0.15, 0.2) is 66.7 Å². The van der Waals surface area contributed by atoms with Crippen molar-refractivity contribution >= 4 is 23.2 Å². The first-order valence-electron chi connectivity index (χ1n) is 8.53. The zero-order chi connectivity index (χ0) is 19.2. The molecule has 0 radical (unpaired) electrons. The highest BCUT2D eigenvalue weighted by atomic mass is 35.5. The maximum Gasteiger partial charge on any atom is 0.262 e. The molecule has 0 aliphatic carbocycles. The number of ether oxygens (including phenoxy) is 2. The first kappa shape index (κ1) is 18.8. The lowest BCUT2D eigenvalue weighted by atomic mass is 10.2. The summed E-state index contributed by atoms with van der Waals surface area (Å²) in [6.45, 7) is 3.78. The Morgan fingerprint density at radius 3 is 2.44 bits per heavy atom. The number of amides is 1. The van der Waals surface area contributed by atoms with Crippen LogP contribution in [0.3, 0.4) is 0 Å². The minimum absolute atomic E-state index is 0.110. The van der Waals surface area contributed by atoms with Crippen molar-refractivity contribution < 1.29 is 14.3 Å². The molecule has 0 bridgehead atoms. The number of hydrogen-bond acceptors (Lipinski definition) is 3. The summed E-state index contributed by atoms with van der Waals surface area (Å²) in [6.07, 6.45) is 0. The predicted octanol–water partition coefficient (Wildman–Crippen LogP) is 5.77. The zero-order valence-electron chi connectivity index (χ0n) is 15.2. The van der Waals surface area contributed by atoms with Crippen molar-refractivity contribution in [1.29, 1.82) is 0 Å². The van der Waals surface area contributed by atoms with Crippen LogP contribution in [0.2, 0.25) is 5.02 Å². The molecule has 0 aromatic heterocycles. The molecular weight excluding hydrogens is 362 g/mol. The Kier molecular flexibility index (Phi) is 5.99. The highest BCUT2D eigenvalue weighted by Crippen LogP contribution is 2.29. The van der Waals surface area contributed by atoms with Gasteiger partial charge in [0.05, 0.1) is 5.69 Å². The molecule has 1 amide bonds. The monoisotopic (exact) mass is 381 g/mol. The number of aryl methyl sites for hydroxylation is 2. The van der Waals surface area contributed by atoms with E-state index < -0.39 is 0 Å². The summed E-state index contributed by atoms with van der Waals surface area (Å²) in [7, 11) is 0. The number of para-hydroxylation sites is 2. The molecule has 0 spiro atoms. The van der Waals surface area contributed by atoms with Gasteiger partial charge >= 0.3 is 0 Å². The largest absolute Gasteiger partial charge is 0.483 e. The van der Waals surface area contributed by atoms with Gasteiger partial charge in [0.2, 0.25) is 0 Å². The molecule has 5 heteroatoms. The maximum absolute atomic E-state index is 12.3. The molecule has 27 heavy (non-hydrogen) atoms. The summed E-state index contributed by atoms with van der Waals surface area (Å²) in [4.78, 5) is 12.3. The standard InChI is InChI=1S/C22H20ClNO3/c1-15-7-10-18(11-8-15)27-21-6-4-3-5-19(21)24-22(25)14-26-20-12-9-17(23)13-16(20)2/h3-13H,14H2,1-2H3,(H,24,25). The van der Waals surface area contributed by atoms with E-state index in [-0.39, 0.29) is 12.5 Å². The first-order chi connectivity index (χ1) is 13.0. The summed E-state index contributed by atoms with van der Waals surface area (Å²) in [5.41, 5.74) is 2.61. The topological polar surface area (TPSA) is 47.6 Å². The molecule has 0 fully saturated rings. The van der Waals surface area contributed by atoms with Gasteiger partial charge in [0.15, 0.2) is 12.4 Å². The number of rotatable bonds is 6. The van der Waals surface area contributed by atoms with E-state index in [2.05, 4.69) is 5.32 Å². The van der Waals surface area contributed by atoms with Crippen LogP contribution >= 0.6 is 11.6 Å². The Hall–Kier alpha value is -2.98. The van der Waals surface area contributed by atoms with Crippen LogP contribution in [-0.2, 0) is 4.79 Å². The fourth-order valence-electron chi connectivity index (χ4n) is 2.50. The molecule has 0 atom stereocenters. The fraction of sp³-hybridized carbons (Fsp3) is 0.136. The Labute approximate surface area is 163 Å². The number of hydrogen-bond donors (Lipinski definition) is 1. The molecule has 3 rings (SSSR count). The average Bonchev–Trinajstić information content (AvgIpc) is 2.64. The first-order valence-corrected chi connectivity index (χ1v) is 8.91. The van der Waals surface area contributed by atoms with E-state index in [1.165, 1.54) is 0 Å². The second-order valence-electron chi connectivity index (χ2n) is 6.16. The van der Waals surface area contributed by atoms with Gasteiger partial charge in [-0.15, -0.1) is 0 Å². The van der Waals surface area contributed by atoms with Crippen molar-refractivity contribution in [2.75, 3.05) is 11.9 Å². The van der Waals surface area contributed by atoms with E-state index in [4.69, 9.17) is 21.1 Å². The van der Waals surface area contributed by atoms with Gasteiger partial charge in [0.1, 0.15) is 11.5 Å². The van der Waals surface area contributed by atoms with Crippen molar-refractivity contribution in [3.63, 3.8) is 0 Å². The van der Waals surface area contributed by atoms with Gasteiger partial charge < -0.3 is 14.8 Å². The van der Waals surface area contributed by atoms with Crippen molar-refractivity contribution in [3.8, 4) is 17.2 Å². The molecule has 3 aromatic carbocycles. The minimum Gasteiger partial charge on any atom is -0.483 e. The molecule has 0 aliphatic rings. The van der Waals surface area contributed by atoms with Crippen molar-refractivity contribution in [2.45, 2.75) is 13.8 Å². The number of anilines is 1. The fourth-order valence-corrected chi connectivity index (χ4v) is 2.72. The Balaban J connectivity index is 1.64. The van der Waals surface area contributed by atoms with Crippen LogP contribution in [0, 0.1) is 13.8 Å². The zero-order valence-corrected chi connectivity index (χ0v) is 15.9. The second-order valence-corrected chi connectivity index (χ2v) is 6.59. The van der Waals surface area contributed by atoms with Crippen LogP contribution in [0.5, 0.6) is 17.2 Å². The number of halogens is 1. The van der Waals surface area contributed by atoms with E-state index in [1.54, 1.807) is 30.3 Å². The second kappa shape index (κ2) is 8.60. The summed E-state index contributed by atoms with van der Waals surface area (Å²) < 4.78 is 11.5. The quantitative estimate of drug-likeness (QED) is 0.589. The highest BCUT2D eigenvalue weighted by Gasteiger charge is 2.10. The third kappa shape index (κ3) is 5.25. The van der Waals surface area contributed by atoms with Crippen LogP contribution in [-0.4, -0.2) is 12.5 Å². The number of carbonyl (C=O) groups excluding carboxylic acids is 1. The maximum atomic E-state index is 12.3. The molecule has 1 N–H and O–H groups in total. The number of benzene rings is 3. The van der Waals surface area contributed by atoms with Crippen molar-refractivity contribution in [1.82, 2.24) is 0 Å². The minimum atomic E-state index is -0.274. The predicted molar refractivity (Wildman–Crippen MR) is 108 cm³/mol. The highest BCUT2D eigenvalue weighted by molar-refractivity contribution is 6.30. The average molecular weight is 382 g/mol. The van der Waals surface area contributed by atoms with Gasteiger partial charge in [0.25, 0.3) is 5.91 Å². The molecular formula is C22H20ClNO3. The van der Waals surface area contributed by atoms with E-state index in [0.717, 1.165) is 11.1 Å². The normalized spacial score (nSPS) is 10.3. The molecule has 4 nitrogen and oxygen atoms in total. The smallest absolute Gasteiger partial charge is 0.262 e. The molecule has 138 valence electrons. The summed E-state index contributed by atoms with van der Waals surface area (Å²) in [5, 5.41) is 3.46. The van der Waals surface area contributed by atoms with Gasteiger partial charge in [-0.3, -0.25) is 4.79 Å². The Morgan fingerprint density at radius 2 is 1.70 bits per heavy atom. The molecule has 0 saturated heterocycles. The molecule has 3 aromatic rings. The van der Waals surface area contributed by atoms with Gasteiger partial charge in [0, 0.05) is 5.02 Å². The third-order valence-corrected chi connectivity index (χ3v) is 4.14. The van der Waals surface area contributed by atoms with E-state index in [1.807, 2.05) is 50.2 Å². The van der Waals surface area contributed by atoms with E-state index >= 15 is 0 Å². The SMILES string of the molecule is Cc1ccc(Oc2ccccc2NC(=O)COc2ccc(Cl)cc2C)cc1. The van der Waals surface area contributed by atoms with Crippen LogP contribution in [0.4, 0.5) is 5.69 Å². The van der Waals surface area contributed by atoms with E-state index in [9.17, 15) is 4.79 Å². The Morgan fingerprint density at radius 1 is 0.963 bits per heavy atom. The van der Waals surface area contributed by atoms with Gasteiger partial charge in [-0.25, -0.2) is 0 Å². The van der Waals surface area contributed by atoms with Crippen LogP contribution in [0.25, 0.3) is 0 Å². The summed E-state index contributed by atoms with van der Waals surface area (Å²) >= 11 is 5.93. The molecule has 0 saturated carbocycles. The van der Waals surface area contributed by atoms with Crippen LogP contribution in [0.1, 0.15) is 11.1 Å². The number of nitrogens with one attached hydrogen (secondary N) is 1. The van der Waals surface area contributed by atoms with Crippen molar-refractivity contribution in [3.05, 3.63) is 82.9 Å². The van der Waals surface area contributed by atoms with Gasteiger partial charge in [-0.05, 0) is 61.9 Å². The number of carbonyl (C=O) groups is 1. The summed E-state index contributed by atoms with van der Waals surface area (Å²) in [5.74, 6) is 1.62. The van der Waals surface area contributed by atoms with Crippen molar-refractivity contribution in [2.24, 2.45) is 0 Å². The lowest BCUT2D eigenvalue weighted by molar-refractivity contribution is -0.118. The van der Waals surface area contributed by atoms with E-state index in [0.29, 0.717) is 28.0 Å². The lowest BCUT2D eigenvalue weighted by Gasteiger charge is -2.13. The summed E-state index contributed by atoms with van der Waals surface area (Å²) in [6, 6.07) is 20.3. The Bertz CT molecular complexity index is 939. The van der Waals surface area contributed by atoms with Gasteiger partial charge in [-0.1, -0.05) is 41.4 Å². The van der Waals surface area contributed by atoms with Crippen LogP contribution < -0.4 is 14.8 Å². The third-order valence-electron chi connectivity index (χ3n) is 3.91. The van der Waals surface area contributed by atoms with Gasteiger partial charge in [-0.2, -0.15) is 0 Å². The lowest BCUT2D eigenvalue weighted by Crippen LogP contribution is -2.20. The molecule has 0 heterocycles.